The molecular formula is C15H16FNO6S. The van der Waals surface area contributed by atoms with Crippen molar-refractivity contribution in [2.24, 2.45) is 0 Å². The van der Waals surface area contributed by atoms with Crippen LogP contribution in [-0.2, 0) is 19.4 Å². The molecule has 0 saturated carbocycles. The van der Waals surface area contributed by atoms with Crippen LogP contribution in [0.4, 0.5) is 4.39 Å². The van der Waals surface area contributed by atoms with Gasteiger partial charge in [-0.3, -0.25) is 9.59 Å². The fourth-order valence-electron chi connectivity index (χ4n) is 2.65. The minimum absolute atomic E-state index is 0.0380. The maximum atomic E-state index is 14.1. The predicted molar refractivity (Wildman–Crippen MR) is 82.2 cm³/mol. The summed E-state index contributed by atoms with van der Waals surface area (Å²) in [6.45, 7) is -0.132. The summed E-state index contributed by atoms with van der Waals surface area (Å²) in [7, 11) is -3.99. The second-order valence-electron chi connectivity index (χ2n) is 5.40. The zero-order chi connectivity index (χ0) is 18.1. The lowest BCUT2D eigenvalue weighted by atomic mass is 10.1. The lowest BCUT2D eigenvalue weighted by Crippen LogP contribution is -2.32. The highest BCUT2D eigenvalue weighted by Crippen LogP contribution is 2.40. The molecule has 0 bridgehead atoms. The van der Waals surface area contributed by atoms with Crippen molar-refractivity contribution in [2.75, 3.05) is 12.8 Å². The molecule has 9 heteroatoms. The van der Waals surface area contributed by atoms with Crippen LogP contribution in [0.2, 0.25) is 0 Å². The van der Waals surface area contributed by atoms with Crippen molar-refractivity contribution in [1.29, 1.82) is 0 Å². The van der Waals surface area contributed by atoms with Gasteiger partial charge >= 0.3 is 5.97 Å². The number of carboxylic acids is 1. The third kappa shape index (κ3) is 3.40. The molecule has 7 nitrogen and oxygen atoms in total. The quantitative estimate of drug-likeness (QED) is 0.796. The first-order valence-electron chi connectivity index (χ1n) is 7.05. The number of carbonyl (C=O) groups excluding carboxylic acids is 1. The Kier molecular flexibility index (Phi) is 4.93. The fourth-order valence-corrected chi connectivity index (χ4v) is 3.74. The highest BCUT2D eigenvalue weighted by Gasteiger charge is 2.45. The number of rotatable bonds is 6. The van der Waals surface area contributed by atoms with E-state index in [0.29, 0.717) is 0 Å². The highest BCUT2D eigenvalue weighted by atomic mass is 32.2. The monoisotopic (exact) mass is 357 g/mol. The maximum Gasteiger partial charge on any atom is 0.303 e. The topological polar surface area (TPSA) is 112 Å². The standard InChI is InChI=1S/C15H16FNO6S/c1-24(22,23)14-12(9-5-2-3-6-10(9)16)17(15(21)13(14)20)8-4-7-11(18)19/h2-3,5-6,12,20H,4,7-8H2,1H3,(H,18,19)/t12-/m1/s1. The number of nitrogens with zero attached hydrogens (tertiary/aromatic N) is 1. The van der Waals surface area contributed by atoms with Crippen LogP contribution in [0.1, 0.15) is 24.4 Å². The Morgan fingerprint density at radius 1 is 1.33 bits per heavy atom. The number of amides is 1. The Hall–Kier alpha value is -2.42. The van der Waals surface area contributed by atoms with Gasteiger partial charge in [-0.25, -0.2) is 12.8 Å². The van der Waals surface area contributed by atoms with Gasteiger partial charge in [0, 0.05) is 24.8 Å². The zero-order valence-corrected chi connectivity index (χ0v) is 13.6. The van der Waals surface area contributed by atoms with E-state index in [1.54, 1.807) is 0 Å². The lowest BCUT2D eigenvalue weighted by molar-refractivity contribution is -0.138. The van der Waals surface area contributed by atoms with E-state index in [1.807, 2.05) is 0 Å². The summed E-state index contributed by atoms with van der Waals surface area (Å²) in [5.41, 5.74) is -0.0781. The SMILES string of the molecule is CS(=O)(=O)C1=C(O)C(=O)N(CCCC(=O)O)[C@@H]1c1ccccc1F. The molecule has 1 aromatic carbocycles. The molecule has 1 atom stereocenters. The first-order valence-corrected chi connectivity index (χ1v) is 8.94. The number of benzene rings is 1. The second-order valence-corrected chi connectivity index (χ2v) is 7.39. The minimum atomic E-state index is -3.99. The molecule has 1 amide bonds. The largest absolute Gasteiger partial charge is 0.502 e. The van der Waals surface area contributed by atoms with Crippen LogP contribution >= 0.6 is 0 Å². The van der Waals surface area contributed by atoms with E-state index >= 15 is 0 Å². The van der Waals surface area contributed by atoms with Crippen molar-refractivity contribution in [3.05, 3.63) is 46.3 Å². The first-order chi connectivity index (χ1) is 11.1. The van der Waals surface area contributed by atoms with Crippen LogP contribution in [-0.4, -0.2) is 48.2 Å². The van der Waals surface area contributed by atoms with E-state index in [0.717, 1.165) is 17.2 Å². The molecule has 0 radical (unpaired) electrons. The second kappa shape index (κ2) is 6.60. The van der Waals surface area contributed by atoms with Crippen LogP contribution in [0.15, 0.2) is 34.9 Å². The fraction of sp³-hybridized carbons (Fsp3) is 0.333. The highest BCUT2D eigenvalue weighted by molar-refractivity contribution is 7.94. The van der Waals surface area contributed by atoms with Gasteiger partial charge in [-0.05, 0) is 12.5 Å². The average molecular weight is 357 g/mol. The maximum absolute atomic E-state index is 14.1. The molecule has 130 valence electrons. The number of aliphatic carboxylic acids is 1. The van der Waals surface area contributed by atoms with Crippen molar-refractivity contribution in [3.63, 3.8) is 0 Å². The normalized spacial score (nSPS) is 18.3. The average Bonchev–Trinajstić information content (AvgIpc) is 2.72. The van der Waals surface area contributed by atoms with E-state index in [1.165, 1.54) is 18.2 Å². The van der Waals surface area contributed by atoms with E-state index in [9.17, 15) is 27.5 Å². The number of hydrogen-bond donors (Lipinski definition) is 2. The summed E-state index contributed by atoms with van der Waals surface area (Å²) in [5.74, 6) is -3.73. The lowest BCUT2D eigenvalue weighted by Gasteiger charge is -2.26. The summed E-state index contributed by atoms with van der Waals surface area (Å²) in [6, 6.07) is 4.01. The number of sulfone groups is 1. The van der Waals surface area contributed by atoms with Crippen molar-refractivity contribution in [1.82, 2.24) is 4.90 Å². The van der Waals surface area contributed by atoms with E-state index in [4.69, 9.17) is 5.11 Å². The number of hydrogen-bond acceptors (Lipinski definition) is 5. The minimum Gasteiger partial charge on any atom is -0.502 e. The Bertz CT molecular complexity index is 817. The number of carbonyl (C=O) groups is 2. The van der Waals surface area contributed by atoms with Crippen LogP contribution in [0.25, 0.3) is 0 Å². The van der Waals surface area contributed by atoms with Crippen LogP contribution < -0.4 is 0 Å². The molecule has 0 saturated heterocycles. The molecule has 2 N–H and O–H groups in total. The molecule has 0 aliphatic carbocycles. The molecular weight excluding hydrogens is 341 g/mol. The van der Waals surface area contributed by atoms with Gasteiger partial charge in [0.05, 0.1) is 0 Å². The third-order valence-electron chi connectivity index (χ3n) is 3.65. The molecule has 0 spiro atoms. The Balaban J connectivity index is 2.50. The van der Waals surface area contributed by atoms with Crippen molar-refractivity contribution < 1.29 is 32.6 Å². The van der Waals surface area contributed by atoms with Crippen LogP contribution in [0.5, 0.6) is 0 Å². The van der Waals surface area contributed by atoms with Crippen molar-refractivity contribution >= 4 is 21.7 Å². The summed E-state index contributed by atoms with van der Waals surface area (Å²) in [6.07, 6.45) is 0.611. The number of aliphatic hydroxyl groups is 1. The van der Waals surface area contributed by atoms with Crippen LogP contribution in [0.3, 0.4) is 0 Å². The van der Waals surface area contributed by atoms with Gasteiger partial charge in [-0.2, -0.15) is 0 Å². The number of halogens is 1. The molecule has 1 aliphatic heterocycles. The van der Waals surface area contributed by atoms with Gasteiger partial charge in [0.2, 0.25) is 0 Å². The number of carboxylic acid groups (broad SMARTS) is 1. The van der Waals surface area contributed by atoms with Crippen LogP contribution in [0, 0.1) is 5.82 Å². The van der Waals surface area contributed by atoms with Crippen molar-refractivity contribution in [3.8, 4) is 0 Å². The zero-order valence-electron chi connectivity index (χ0n) is 12.8. The summed E-state index contributed by atoms with van der Waals surface area (Å²) >= 11 is 0. The smallest absolute Gasteiger partial charge is 0.303 e. The van der Waals surface area contributed by atoms with Crippen molar-refractivity contribution in [2.45, 2.75) is 18.9 Å². The van der Waals surface area contributed by atoms with Gasteiger partial charge < -0.3 is 15.1 Å². The van der Waals surface area contributed by atoms with Gasteiger partial charge in [0.15, 0.2) is 15.6 Å². The van der Waals surface area contributed by atoms with Gasteiger partial charge in [-0.15, -0.1) is 0 Å². The summed E-state index contributed by atoms with van der Waals surface area (Å²) in [4.78, 5) is 23.2. The molecule has 0 fully saturated rings. The molecule has 1 aliphatic rings. The first kappa shape index (κ1) is 17.9. The Morgan fingerprint density at radius 2 is 1.96 bits per heavy atom. The molecule has 1 aromatic rings. The molecule has 0 unspecified atom stereocenters. The summed E-state index contributed by atoms with van der Waals surface area (Å²) < 4.78 is 38.1. The Labute approximate surface area is 137 Å². The molecule has 24 heavy (non-hydrogen) atoms. The van der Waals surface area contributed by atoms with E-state index in [2.05, 4.69) is 0 Å². The summed E-state index contributed by atoms with van der Waals surface area (Å²) in [5, 5.41) is 18.7. The number of aliphatic hydroxyl groups excluding tert-OH is 1. The predicted octanol–water partition coefficient (Wildman–Crippen LogP) is 1.39. The van der Waals surface area contributed by atoms with Gasteiger partial charge in [0.1, 0.15) is 16.8 Å². The van der Waals surface area contributed by atoms with Gasteiger partial charge in [-0.1, -0.05) is 18.2 Å². The molecule has 1 heterocycles. The molecule has 0 aromatic heterocycles. The van der Waals surface area contributed by atoms with Gasteiger partial charge in [0.25, 0.3) is 5.91 Å². The van der Waals surface area contributed by atoms with E-state index < -0.39 is 44.2 Å². The third-order valence-corrected chi connectivity index (χ3v) is 4.86. The Morgan fingerprint density at radius 3 is 2.50 bits per heavy atom. The molecule has 2 rings (SSSR count). The van der Waals surface area contributed by atoms with E-state index in [-0.39, 0.29) is 24.9 Å².